The van der Waals surface area contributed by atoms with Gasteiger partial charge in [0.05, 0.1) is 6.10 Å². The van der Waals surface area contributed by atoms with Crippen LogP contribution in [0.1, 0.15) is 44.2 Å². The van der Waals surface area contributed by atoms with Gasteiger partial charge in [-0.2, -0.15) is 0 Å². The van der Waals surface area contributed by atoms with Crippen LogP contribution in [-0.4, -0.2) is 43.3 Å². The Hall–Kier alpha value is -0.900. The third kappa shape index (κ3) is 4.06. The Labute approximate surface area is 128 Å². The molecule has 116 valence electrons. The Morgan fingerprint density at radius 1 is 1.24 bits per heavy atom. The molecule has 0 saturated carbocycles. The van der Waals surface area contributed by atoms with Gasteiger partial charge in [0.1, 0.15) is 0 Å². The maximum atomic E-state index is 5.78. The molecule has 0 bridgehead atoms. The Bertz CT molecular complexity index is 416. The van der Waals surface area contributed by atoms with Crippen molar-refractivity contribution >= 4 is 0 Å². The van der Waals surface area contributed by atoms with Gasteiger partial charge in [-0.15, -0.1) is 0 Å². The van der Waals surface area contributed by atoms with E-state index in [0.717, 1.165) is 26.2 Å². The van der Waals surface area contributed by atoms with Crippen molar-refractivity contribution in [2.24, 2.45) is 0 Å². The van der Waals surface area contributed by atoms with Gasteiger partial charge in [0.25, 0.3) is 0 Å². The molecule has 2 heterocycles. The van der Waals surface area contributed by atoms with E-state index in [9.17, 15) is 0 Å². The van der Waals surface area contributed by atoms with E-state index >= 15 is 0 Å². The summed E-state index contributed by atoms with van der Waals surface area (Å²) >= 11 is 0. The first kappa shape index (κ1) is 15.0. The maximum absolute atomic E-state index is 5.78. The normalized spacial score (nSPS) is 31.2. The first-order valence-corrected chi connectivity index (χ1v) is 8.47. The van der Waals surface area contributed by atoms with Crippen LogP contribution < -0.4 is 5.32 Å². The van der Waals surface area contributed by atoms with E-state index in [2.05, 4.69) is 47.5 Å². The molecule has 3 atom stereocenters. The van der Waals surface area contributed by atoms with Gasteiger partial charge in [-0.05, 0) is 44.7 Å². The van der Waals surface area contributed by atoms with Gasteiger partial charge in [0.2, 0.25) is 0 Å². The summed E-state index contributed by atoms with van der Waals surface area (Å²) in [6, 6.07) is 12.0. The van der Waals surface area contributed by atoms with Crippen molar-refractivity contribution in [1.82, 2.24) is 10.2 Å². The van der Waals surface area contributed by atoms with Crippen molar-refractivity contribution in [3.63, 3.8) is 0 Å². The van der Waals surface area contributed by atoms with Crippen molar-refractivity contribution in [2.45, 2.75) is 50.8 Å². The topological polar surface area (TPSA) is 24.5 Å². The van der Waals surface area contributed by atoms with Crippen LogP contribution in [0.15, 0.2) is 30.3 Å². The largest absolute Gasteiger partial charge is 0.378 e. The zero-order valence-electron chi connectivity index (χ0n) is 13.1. The number of benzene rings is 1. The highest BCUT2D eigenvalue weighted by atomic mass is 16.5. The fraction of sp³-hybridized carbons (Fsp3) is 0.667. The molecule has 2 saturated heterocycles. The van der Waals surface area contributed by atoms with Crippen LogP contribution in [0.5, 0.6) is 0 Å². The molecule has 1 aromatic rings. The molecule has 1 aromatic carbocycles. The van der Waals surface area contributed by atoms with Gasteiger partial charge in [0.15, 0.2) is 0 Å². The Kier molecular flexibility index (Phi) is 5.28. The first-order valence-electron chi connectivity index (χ1n) is 8.47. The minimum atomic E-state index is 0.459. The van der Waals surface area contributed by atoms with Gasteiger partial charge in [-0.25, -0.2) is 0 Å². The van der Waals surface area contributed by atoms with Crippen molar-refractivity contribution in [3.8, 4) is 0 Å². The van der Waals surface area contributed by atoms with E-state index in [4.69, 9.17) is 4.74 Å². The van der Waals surface area contributed by atoms with Crippen LogP contribution in [0.4, 0.5) is 0 Å². The van der Waals surface area contributed by atoms with Gasteiger partial charge in [-0.3, -0.25) is 4.90 Å². The highest BCUT2D eigenvalue weighted by Crippen LogP contribution is 2.22. The predicted molar refractivity (Wildman–Crippen MR) is 86.4 cm³/mol. The molecule has 3 heteroatoms. The molecule has 3 nitrogen and oxygen atoms in total. The molecule has 0 amide bonds. The minimum Gasteiger partial charge on any atom is -0.378 e. The van der Waals surface area contributed by atoms with E-state index in [-0.39, 0.29) is 0 Å². The SMILES string of the molecule is CC1CCNC(c2ccccc2)CN1CCC1CCCO1. The summed E-state index contributed by atoms with van der Waals surface area (Å²) in [6.07, 6.45) is 5.42. The second-order valence-corrected chi connectivity index (χ2v) is 6.47. The fourth-order valence-corrected chi connectivity index (χ4v) is 3.53. The molecule has 2 fully saturated rings. The number of ether oxygens (including phenoxy) is 1. The van der Waals surface area contributed by atoms with Crippen LogP contribution in [0.25, 0.3) is 0 Å². The highest BCUT2D eigenvalue weighted by molar-refractivity contribution is 5.19. The van der Waals surface area contributed by atoms with Crippen molar-refractivity contribution in [1.29, 1.82) is 0 Å². The second kappa shape index (κ2) is 7.39. The third-order valence-corrected chi connectivity index (χ3v) is 4.96. The van der Waals surface area contributed by atoms with Crippen molar-refractivity contribution in [2.75, 3.05) is 26.2 Å². The summed E-state index contributed by atoms with van der Waals surface area (Å²) in [6.45, 7) is 6.71. The number of hydrogen-bond acceptors (Lipinski definition) is 3. The molecule has 2 aliphatic heterocycles. The lowest BCUT2D eigenvalue weighted by Gasteiger charge is -2.30. The molecule has 2 aliphatic rings. The van der Waals surface area contributed by atoms with E-state index in [1.54, 1.807) is 0 Å². The molecule has 1 N–H and O–H groups in total. The molecule has 21 heavy (non-hydrogen) atoms. The lowest BCUT2D eigenvalue weighted by molar-refractivity contribution is 0.0852. The lowest BCUT2D eigenvalue weighted by atomic mass is 10.1. The highest BCUT2D eigenvalue weighted by Gasteiger charge is 2.25. The quantitative estimate of drug-likeness (QED) is 0.922. The lowest BCUT2D eigenvalue weighted by Crippen LogP contribution is -2.37. The summed E-state index contributed by atoms with van der Waals surface area (Å²) < 4.78 is 5.78. The molecule has 0 radical (unpaired) electrons. The standard InChI is InChI=1S/C18H28N2O/c1-15-9-11-19-18(16-6-3-2-4-7-16)14-20(15)12-10-17-8-5-13-21-17/h2-4,6-7,15,17-19H,5,8-14H2,1H3. The van der Waals surface area contributed by atoms with Gasteiger partial charge < -0.3 is 10.1 Å². The van der Waals surface area contributed by atoms with E-state index < -0.39 is 0 Å². The smallest absolute Gasteiger partial charge is 0.0588 e. The molecule has 0 aliphatic carbocycles. The number of rotatable bonds is 4. The van der Waals surface area contributed by atoms with Crippen LogP contribution >= 0.6 is 0 Å². The van der Waals surface area contributed by atoms with Crippen LogP contribution in [-0.2, 0) is 4.74 Å². The van der Waals surface area contributed by atoms with Crippen molar-refractivity contribution < 1.29 is 4.74 Å². The summed E-state index contributed by atoms with van der Waals surface area (Å²) in [5, 5.41) is 3.71. The summed E-state index contributed by atoms with van der Waals surface area (Å²) in [5.41, 5.74) is 1.41. The average Bonchev–Trinajstić information content (AvgIpc) is 2.97. The van der Waals surface area contributed by atoms with Gasteiger partial charge in [-0.1, -0.05) is 30.3 Å². The van der Waals surface area contributed by atoms with E-state index in [1.165, 1.54) is 31.2 Å². The molecule has 3 unspecified atom stereocenters. The molecular formula is C18H28N2O. The number of hydrogen-bond donors (Lipinski definition) is 1. The van der Waals surface area contributed by atoms with E-state index in [0.29, 0.717) is 18.2 Å². The minimum absolute atomic E-state index is 0.459. The maximum Gasteiger partial charge on any atom is 0.0588 e. The molecule has 3 rings (SSSR count). The van der Waals surface area contributed by atoms with Gasteiger partial charge >= 0.3 is 0 Å². The molecule has 0 spiro atoms. The van der Waals surface area contributed by atoms with Crippen molar-refractivity contribution in [3.05, 3.63) is 35.9 Å². The Balaban J connectivity index is 1.60. The van der Waals surface area contributed by atoms with Crippen LogP contribution in [0, 0.1) is 0 Å². The van der Waals surface area contributed by atoms with E-state index in [1.807, 2.05) is 0 Å². The zero-order valence-corrected chi connectivity index (χ0v) is 13.1. The Morgan fingerprint density at radius 2 is 2.10 bits per heavy atom. The summed E-state index contributed by atoms with van der Waals surface area (Å²) in [5.74, 6) is 0. The zero-order chi connectivity index (χ0) is 14.5. The summed E-state index contributed by atoms with van der Waals surface area (Å²) in [4.78, 5) is 2.65. The number of nitrogens with one attached hydrogen (secondary N) is 1. The van der Waals surface area contributed by atoms with Crippen LogP contribution in [0.3, 0.4) is 0 Å². The first-order chi connectivity index (χ1) is 10.3. The number of nitrogens with zero attached hydrogens (tertiary/aromatic N) is 1. The van der Waals surface area contributed by atoms with Gasteiger partial charge in [0, 0.05) is 31.8 Å². The molecular weight excluding hydrogens is 260 g/mol. The second-order valence-electron chi connectivity index (χ2n) is 6.47. The summed E-state index contributed by atoms with van der Waals surface area (Å²) in [7, 11) is 0. The van der Waals surface area contributed by atoms with Crippen LogP contribution in [0.2, 0.25) is 0 Å². The monoisotopic (exact) mass is 288 g/mol. The Morgan fingerprint density at radius 3 is 2.86 bits per heavy atom. The third-order valence-electron chi connectivity index (χ3n) is 4.96. The predicted octanol–water partition coefficient (Wildman–Crippen LogP) is 2.98. The fourth-order valence-electron chi connectivity index (χ4n) is 3.53. The molecule has 0 aromatic heterocycles. The average molecular weight is 288 g/mol.